The molecular weight excluding hydrogens is 346 g/mol. The number of hydrogen-bond acceptors (Lipinski definition) is 5. The van der Waals surface area contributed by atoms with Gasteiger partial charge >= 0.3 is 0 Å². The molecular formula is C16H16ClN5OS. The number of Topliss-reactive ketones (excluding diaryl/α,β-unsaturated/α-hetero) is 1. The van der Waals surface area contributed by atoms with Crippen LogP contribution in [0.4, 0.5) is 0 Å². The van der Waals surface area contributed by atoms with Gasteiger partial charge < -0.3 is 4.57 Å². The number of aryl methyl sites for hydroxylation is 1. The highest BCUT2D eigenvalue weighted by Crippen LogP contribution is 2.22. The average Bonchev–Trinajstić information content (AvgIpc) is 3.14. The molecule has 0 fully saturated rings. The van der Waals surface area contributed by atoms with E-state index in [1.807, 2.05) is 43.7 Å². The molecule has 6 nitrogen and oxygen atoms in total. The van der Waals surface area contributed by atoms with Crippen molar-refractivity contribution in [2.24, 2.45) is 7.05 Å². The minimum Gasteiger partial charge on any atom is -0.351 e. The molecule has 0 saturated carbocycles. The third kappa shape index (κ3) is 3.22. The number of carbonyl (C=O) groups excluding carboxylic acids is 1. The Bertz CT molecular complexity index is 885. The largest absolute Gasteiger partial charge is 0.351 e. The zero-order chi connectivity index (χ0) is 17.3. The summed E-state index contributed by atoms with van der Waals surface area (Å²) in [6.45, 7) is 3.93. The van der Waals surface area contributed by atoms with E-state index < -0.39 is 0 Å². The SMILES string of the molecule is Cc1cc(C(=O)CSc2nnnn2-c2ccc(Cl)cc2)c(C)n1C. The summed E-state index contributed by atoms with van der Waals surface area (Å²) < 4.78 is 3.60. The molecule has 0 aliphatic heterocycles. The van der Waals surface area contributed by atoms with Crippen LogP contribution in [0.15, 0.2) is 35.5 Å². The monoisotopic (exact) mass is 361 g/mol. The number of tetrazole rings is 1. The van der Waals surface area contributed by atoms with E-state index in [2.05, 4.69) is 15.5 Å². The average molecular weight is 362 g/mol. The van der Waals surface area contributed by atoms with Crippen molar-refractivity contribution >= 4 is 29.1 Å². The molecule has 0 amide bonds. The summed E-state index contributed by atoms with van der Waals surface area (Å²) in [5.74, 6) is 0.338. The molecule has 0 aliphatic carbocycles. The first-order valence-corrected chi connectivity index (χ1v) is 8.67. The van der Waals surface area contributed by atoms with Crippen molar-refractivity contribution in [3.05, 3.63) is 52.3 Å². The summed E-state index contributed by atoms with van der Waals surface area (Å²) in [6, 6.07) is 9.12. The predicted octanol–water partition coefficient (Wildman–Crippen LogP) is 3.25. The number of benzene rings is 1. The molecule has 0 spiro atoms. The van der Waals surface area contributed by atoms with E-state index in [1.54, 1.807) is 16.8 Å². The first-order valence-electron chi connectivity index (χ1n) is 7.30. The quantitative estimate of drug-likeness (QED) is 0.515. The number of nitrogens with zero attached hydrogens (tertiary/aromatic N) is 5. The molecule has 0 unspecified atom stereocenters. The van der Waals surface area contributed by atoms with Crippen LogP contribution >= 0.6 is 23.4 Å². The molecule has 0 aliphatic rings. The number of thioether (sulfide) groups is 1. The van der Waals surface area contributed by atoms with Crippen molar-refractivity contribution < 1.29 is 4.79 Å². The fourth-order valence-electron chi connectivity index (χ4n) is 2.36. The number of aromatic nitrogens is 5. The molecule has 0 bridgehead atoms. The van der Waals surface area contributed by atoms with E-state index in [0.29, 0.717) is 10.2 Å². The second-order valence-corrected chi connectivity index (χ2v) is 6.78. The second kappa shape index (κ2) is 6.78. The topological polar surface area (TPSA) is 65.6 Å². The summed E-state index contributed by atoms with van der Waals surface area (Å²) in [7, 11) is 1.95. The van der Waals surface area contributed by atoms with Gasteiger partial charge in [-0.25, -0.2) is 0 Å². The molecule has 0 saturated heterocycles. The van der Waals surface area contributed by atoms with Gasteiger partial charge in [0.15, 0.2) is 5.78 Å². The fraction of sp³-hybridized carbons (Fsp3) is 0.250. The normalized spacial score (nSPS) is 11.0. The Labute approximate surface area is 148 Å². The van der Waals surface area contributed by atoms with Gasteiger partial charge in [-0.1, -0.05) is 23.4 Å². The van der Waals surface area contributed by atoms with Gasteiger partial charge in [-0.2, -0.15) is 4.68 Å². The van der Waals surface area contributed by atoms with Gasteiger partial charge in [-0.05, 0) is 54.6 Å². The Balaban J connectivity index is 1.76. The number of ketones is 1. The van der Waals surface area contributed by atoms with E-state index in [1.165, 1.54) is 11.8 Å². The molecule has 0 N–H and O–H groups in total. The van der Waals surface area contributed by atoms with Gasteiger partial charge in [-0.3, -0.25) is 4.79 Å². The van der Waals surface area contributed by atoms with E-state index in [4.69, 9.17) is 11.6 Å². The highest BCUT2D eigenvalue weighted by molar-refractivity contribution is 7.99. The van der Waals surface area contributed by atoms with E-state index in [9.17, 15) is 4.79 Å². The van der Waals surface area contributed by atoms with Crippen molar-refractivity contribution in [2.45, 2.75) is 19.0 Å². The third-order valence-electron chi connectivity index (χ3n) is 3.92. The van der Waals surface area contributed by atoms with E-state index in [-0.39, 0.29) is 11.5 Å². The van der Waals surface area contributed by atoms with Crippen LogP contribution in [0.25, 0.3) is 5.69 Å². The summed E-state index contributed by atoms with van der Waals surface area (Å²) in [5.41, 5.74) is 3.57. The number of rotatable bonds is 5. The Hall–Kier alpha value is -2.12. The Morgan fingerprint density at radius 1 is 1.25 bits per heavy atom. The van der Waals surface area contributed by atoms with Crippen LogP contribution in [-0.4, -0.2) is 36.3 Å². The lowest BCUT2D eigenvalue weighted by Crippen LogP contribution is -2.06. The van der Waals surface area contributed by atoms with Gasteiger partial charge in [0.25, 0.3) is 0 Å². The smallest absolute Gasteiger partial charge is 0.214 e. The maximum atomic E-state index is 12.5. The Morgan fingerprint density at radius 3 is 2.58 bits per heavy atom. The zero-order valence-corrected chi connectivity index (χ0v) is 15.1. The standard InChI is InChI=1S/C16H16ClN5OS/c1-10-8-14(11(2)21(10)3)15(23)9-24-16-18-19-20-22(16)13-6-4-12(17)5-7-13/h4-8H,9H2,1-3H3. The molecule has 124 valence electrons. The molecule has 0 radical (unpaired) electrons. The van der Waals surface area contributed by atoms with Crippen molar-refractivity contribution in [3.8, 4) is 5.69 Å². The van der Waals surface area contributed by atoms with Crippen molar-refractivity contribution in [1.82, 2.24) is 24.8 Å². The van der Waals surface area contributed by atoms with Crippen molar-refractivity contribution in [3.63, 3.8) is 0 Å². The van der Waals surface area contributed by atoms with Crippen molar-refractivity contribution in [1.29, 1.82) is 0 Å². The lowest BCUT2D eigenvalue weighted by molar-refractivity contribution is 0.102. The highest BCUT2D eigenvalue weighted by atomic mass is 35.5. The van der Waals surface area contributed by atoms with Gasteiger partial charge in [-0.15, -0.1) is 5.10 Å². The van der Waals surface area contributed by atoms with Crippen LogP contribution in [0.5, 0.6) is 0 Å². The molecule has 8 heteroatoms. The van der Waals surface area contributed by atoms with E-state index in [0.717, 1.165) is 22.6 Å². The molecule has 24 heavy (non-hydrogen) atoms. The van der Waals surface area contributed by atoms with Crippen molar-refractivity contribution in [2.75, 3.05) is 5.75 Å². The number of hydrogen-bond donors (Lipinski definition) is 0. The van der Waals surface area contributed by atoms with Gasteiger partial charge in [0.05, 0.1) is 11.4 Å². The van der Waals surface area contributed by atoms with Gasteiger partial charge in [0, 0.05) is 29.0 Å². The maximum Gasteiger partial charge on any atom is 0.214 e. The number of carbonyl (C=O) groups is 1. The Kier molecular flexibility index (Phi) is 4.73. The lowest BCUT2D eigenvalue weighted by atomic mass is 10.2. The molecule has 3 rings (SSSR count). The first-order chi connectivity index (χ1) is 11.5. The van der Waals surface area contributed by atoms with Gasteiger partial charge in [0.1, 0.15) is 0 Å². The molecule has 1 aromatic carbocycles. The highest BCUT2D eigenvalue weighted by Gasteiger charge is 2.16. The third-order valence-corrected chi connectivity index (χ3v) is 5.09. The number of halogens is 1. The van der Waals surface area contributed by atoms with Crippen LogP contribution in [0, 0.1) is 13.8 Å². The van der Waals surface area contributed by atoms with Crippen LogP contribution in [0.1, 0.15) is 21.7 Å². The molecule has 2 aromatic heterocycles. The molecule has 3 aromatic rings. The predicted molar refractivity (Wildman–Crippen MR) is 94.1 cm³/mol. The summed E-state index contributed by atoms with van der Waals surface area (Å²) in [6.07, 6.45) is 0. The summed E-state index contributed by atoms with van der Waals surface area (Å²) >= 11 is 7.21. The zero-order valence-electron chi connectivity index (χ0n) is 13.5. The fourth-order valence-corrected chi connectivity index (χ4v) is 3.26. The van der Waals surface area contributed by atoms with E-state index >= 15 is 0 Å². The minimum absolute atomic E-state index is 0.0619. The summed E-state index contributed by atoms with van der Waals surface area (Å²) in [5, 5.41) is 12.9. The molecule has 0 atom stereocenters. The van der Waals surface area contributed by atoms with Crippen LogP contribution in [0.2, 0.25) is 5.02 Å². The van der Waals surface area contributed by atoms with Crippen LogP contribution in [-0.2, 0) is 7.05 Å². The minimum atomic E-state index is 0.0619. The van der Waals surface area contributed by atoms with Gasteiger partial charge in [0.2, 0.25) is 5.16 Å². The Morgan fingerprint density at radius 2 is 1.96 bits per heavy atom. The molecule has 2 heterocycles. The summed E-state index contributed by atoms with van der Waals surface area (Å²) in [4.78, 5) is 12.5. The first kappa shape index (κ1) is 16.7. The maximum absolute atomic E-state index is 12.5. The van der Waals surface area contributed by atoms with Crippen LogP contribution in [0.3, 0.4) is 0 Å². The van der Waals surface area contributed by atoms with Crippen LogP contribution < -0.4 is 0 Å². The lowest BCUT2D eigenvalue weighted by Gasteiger charge is -2.04. The second-order valence-electron chi connectivity index (χ2n) is 5.41.